The van der Waals surface area contributed by atoms with Crippen molar-refractivity contribution in [2.45, 2.75) is 20.3 Å². The lowest BCUT2D eigenvalue weighted by Gasteiger charge is -2.21. The summed E-state index contributed by atoms with van der Waals surface area (Å²) in [5.74, 6) is 0. The molecule has 0 bridgehead atoms. The fourth-order valence-corrected chi connectivity index (χ4v) is 1.61. The van der Waals surface area contributed by atoms with Gasteiger partial charge in [0.25, 0.3) is 0 Å². The first kappa shape index (κ1) is 11.1. The van der Waals surface area contributed by atoms with Gasteiger partial charge in [0.05, 0.1) is 0 Å². The Labute approximate surface area is 93.4 Å². The Morgan fingerprint density at radius 3 is 2.46 bits per heavy atom. The van der Waals surface area contributed by atoms with Gasteiger partial charge >= 0.3 is 0 Å². The summed E-state index contributed by atoms with van der Waals surface area (Å²) >= 11 is 9.58. The van der Waals surface area contributed by atoms with Crippen molar-refractivity contribution in [2.75, 3.05) is 5.33 Å². The molecule has 0 atom stereocenters. The zero-order valence-corrected chi connectivity index (χ0v) is 10.3. The van der Waals surface area contributed by atoms with Gasteiger partial charge in [-0.05, 0) is 23.5 Å². The summed E-state index contributed by atoms with van der Waals surface area (Å²) in [5, 5.41) is 1.86. The topological polar surface area (TPSA) is 0 Å². The highest BCUT2D eigenvalue weighted by Gasteiger charge is 2.17. The van der Waals surface area contributed by atoms with E-state index < -0.39 is 0 Å². The van der Waals surface area contributed by atoms with Crippen molar-refractivity contribution in [3.8, 4) is 0 Å². The lowest BCUT2D eigenvalue weighted by atomic mass is 9.88. The summed E-state index contributed by atoms with van der Waals surface area (Å²) in [6, 6.07) is 8.03. The van der Waals surface area contributed by atoms with Gasteiger partial charge in [0.15, 0.2) is 0 Å². The van der Waals surface area contributed by atoms with E-state index in [9.17, 15) is 0 Å². The van der Waals surface area contributed by atoms with Crippen molar-refractivity contribution < 1.29 is 0 Å². The fraction of sp³-hybridized carbons (Fsp3) is 0.455. The Balaban J connectivity index is 2.80. The normalized spacial score (nSPS) is 11.7. The number of benzene rings is 1. The predicted molar refractivity (Wildman–Crippen MR) is 62.7 cm³/mol. The van der Waals surface area contributed by atoms with E-state index in [1.54, 1.807) is 0 Å². The largest absolute Gasteiger partial charge is 0.0922 e. The van der Waals surface area contributed by atoms with Crippen molar-refractivity contribution in [1.82, 2.24) is 0 Å². The van der Waals surface area contributed by atoms with Gasteiger partial charge in [0.2, 0.25) is 0 Å². The smallest absolute Gasteiger partial charge is 0.0438 e. The molecule has 0 amide bonds. The first-order chi connectivity index (χ1) is 6.05. The molecular weight excluding hydrogens is 247 g/mol. The number of hydrogen-bond donors (Lipinski definition) is 0. The van der Waals surface area contributed by atoms with Crippen LogP contribution >= 0.6 is 27.5 Å². The highest BCUT2D eigenvalue weighted by Crippen LogP contribution is 2.27. The molecule has 0 spiro atoms. The molecule has 0 heterocycles. The minimum absolute atomic E-state index is 0.269. The second-order valence-corrected chi connectivity index (χ2v) is 5.03. The van der Waals surface area contributed by atoms with E-state index in [1.807, 2.05) is 18.2 Å². The van der Waals surface area contributed by atoms with Crippen LogP contribution in [0.1, 0.15) is 19.4 Å². The summed E-state index contributed by atoms with van der Waals surface area (Å²) in [6.07, 6.45) is 1.01. The maximum atomic E-state index is 6.07. The molecule has 0 aliphatic rings. The van der Waals surface area contributed by atoms with Gasteiger partial charge in [-0.15, -0.1) is 0 Å². The van der Waals surface area contributed by atoms with E-state index in [0.717, 1.165) is 16.8 Å². The molecular formula is C11H14BrCl. The van der Waals surface area contributed by atoms with E-state index >= 15 is 0 Å². The molecule has 0 saturated carbocycles. The van der Waals surface area contributed by atoms with E-state index in [4.69, 9.17) is 11.6 Å². The van der Waals surface area contributed by atoms with Gasteiger partial charge in [0, 0.05) is 10.4 Å². The molecule has 0 nitrogen and oxygen atoms in total. The molecule has 13 heavy (non-hydrogen) atoms. The molecule has 1 aromatic carbocycles. The van der Waals surface area contributed by atoms with E-state index in [1.165, 1.54) is 5.56 Å². The maximum absolute atomic E-state index is 6.07. The van der Waals surface area contributed by atoms with Crippen LogP contribution in [-0.2, 0) is 6.42 Å². The van der Waals surface area contributed by atoms with E-state index in [-0.39, 0.29) is 5.41 Å². The van der Waals surface area contributed by atoms with Crippen LogP contribution in [0.4, 0.5) is 0 Å². The van der Waals surface area contributed by atoms with Crippen LogP contribution in [-0.4, -0.2) is 5.33 Å². The van der Waals surface area contributed by atoms with Crippen LogP contribution in [0.15, 0.2) is 24.3 Å². The molecule has 0 saturated heterocycles. The third-order valence-electron chi connectivity index (χ3n) is 1.99. The fourth-order valence-electron chi connectivity index (χ4n) is 1.20. The molecule has 0 fully saturated rings. The van der Waals surface area contributed by atoms with Gasteiger partial charge < -0.3 is 0 Å². The van der Waals surface area contributed by atoms with Crippen molar-refractivity contribution in [3.05, 3.63) is 34.9 Å². The molecule has 72 valence electrons. The summed E-state index contributed by atoms with van der Waals surface area (Å²) < 4.78 is 0. The van der Waals surface area contributed by atoms with Crippen molar-refractivity contribution >= 4 is 27.5 Å². The average molecular weight is 262 g/mol. The Hall–Kier alpha value is -0.0100. The van der Waals surface area contributed by atoms with Gasteiger partial charge in [-0.3, -0.25) is 0 Å². The molecule has 0 aliphatic carbocycles. The van der Waals surface area contributed by atoms with Crippen LogP contribution < -0.4 is 0 Å². The molecule has 0 N–H and O–H groups in total. The highest BCUT2D eigenvalue weighted by atomic mass is 79.9. The van der Waals surface area contributed by atoms with E-state index in [0.29, 0.717) is 0 Å². The van der Waals surface area contributed by atoms with Crippen molar-refractivity contribution in [2.24, 2.45) is 5.41 Å². The molecule has 0 aromatic heterocycles. The summed E-state index contributed by atoms with van der Waals surface area (Å²) in [4.78, 5) is 0. The van der Waals surface area contributed by atoms with Gasteiger partial charge in [0.1, 0.15) is 0 Å². The van der Waals surface area contributed by atoms with Crippen molar-refractivity contribution in [3.63, 3.8) is 0 Å². The van der Waals surface area contributed by atoms with Crippen molar-refractivity contribution in [1.29, 1.82) is 0 Å². The Bertz CT molecular complexity index is 281. The molecule has 0 radical (unpaired) electrons. The lowest BCUT2D eigenvalue weighted by Crippen LogP contribution is -2.16. The predicted octanol–water partition coefficient (Wildman–Crippen LogP) is 4.30. The first-order valence-electron chi connectivity index (χ1n) is 4.34. The highest BCUT2D eigenvalue weighted by molar-refractivity contribution is 9.09. The minimum atomic E-state index is 0.269. The van der Waals surface area contributed by atoms with E-state index in [2.05, 4.69) is 35.8 Å². The van der Waals surface area contributed by atoms with Crippen LogP contribution in [0.25, 0.3) is 0 Å². The second kappa shape index (κ2) is 4.47. The van der Waals surface area contributed by atoms with Crippen LogP contribution in [0, 0.1) is 5.41 Å². The van der Waals surface area contributed by atoms with Crippen LogP contribution in [0.5, 0.6) is 0 Å². The molecule has 0 aliphatic heterocycles. The Morgan fingerprint density at radius 1 is 1.31 bits per heavy atom. The molecule has 2 heteroatoms. The molecule has 0 unspecified atom stereocenters. The van der Waals surface area contributed by atoms with Gasteiger partial charge in [-0.1, -0.05) is 59.6 Å². The second-order valence-electron chi connectivity index (χ2n) is 4.07. The quantitative estimate of drug-likeness (QED) is 0.712. The monoisotopic (exact) mass is 260 g/mol. The maximum Gasteiger partial charge on any atom is 0.0438 e. The number of alkyl halides is 1. The number of rotatable bonds is 3. The van der Waals surface area contributed by atoms with Gasteiger partial charge in [-0.2, -0.15) is 0 Å². The minimum Gasteiger partial charge on any atom is -0.0922 e. The first-order valence-corrected chi connectivity index (χ1v) is 5.84. The SMILES string of the molecule is CC(C)(CBr)Cc1ccccc1Cl. The van der Waals surface area contributed by atoms with Crippen LogP contribution in [0.3, 0.4) is 0 Å². The third-order valence-corrected chi connectivity index (χ3v) is 3.88. The third kappa shape index (κ3) is 3.32. The zero-order chi connectivity index (χ0) is 9.90. The number of hydrogen-bond acceptors (Lipinski definition) is 0. The number of halogens is 2. The summed E-state index contributed by atoms with van der Waals surface area (Å²) in [7, 11) is 0. The summed E-state index contributed by atoms with van der Waals surface area (Å²) in [5.41, 5.74) is 1.50. The summed E-state index contributed by atoms with van der Waals surface area (Å²) in [6.45, 7) is 4.45. The van der Waals surface area contributed by atoms with Gasteiger partial charge in [-0.25, -0.2) is 0 Å². The zero-order valence-electron chi connectivity index (χ0n) is 7.98. The standard InChI is InChI=1S/C11H14BrCl/c1-11(2,8-12)7-9-5-3-4-6-10(9)13/h3-6H,7-8H2,1-2H3. The Kier molecular flexibility index (Phi) is 3.81. The molecule has 1 rings (SSSR count). The Morgan fingerprint density at radius 2 is 1.92 bits per heavy atom. The average Bonchev–Trinajstić information content (AvgIpc) is 2.09. The lowest BCUT2D eigenvalue weighted by molar-refractivity contribution is 0.425. The van der Waals surface area contributed by atoms with Crippen LogP contribution in [0.2, 0.25) is 5.02 Å². The molecule has 1 aromatic rings.